The SMILES string of the molecule is C=C=C1CC2CC(C)(C)N(C)C2=CC(OCc2ccc(F)c(C=C)c2)=N1. The lowest BCUT2D eigenvalue weighted by atomic mass is 9.92. The Hall–Kier alpha value is -2.58. The molecule has 1 aromatic rings. The largest absolute Gasteiger partial charge is 0.473 e. The fourth-order valence-corrected chi connectivity index (χ4v) is 3.61. The number of halogens is 1. The zero-order valence-corrected chi connectivity index (χ0v) is 15.7. The van der Waals surface area contributed by atoms with Gasteiger partial charge < -0.3 is 9.64 Å². The average molecular weight is 352 g/mol. The summed E-state index contributed by atoms with van der Waals surface area (Å²) in [5, 5.41) is 0. The minimum atomic E-state index is -0.285. The zero-order valence-electron chi connectivity index (χ0n) is 15.7. The summed E-state index contributed by atoms with van der Waals surface area (Å²) >= 11 is 0. The molecule has 3 nitrogen and oxygen atoms in total. The first-order valence-electron chi connectivity index (χ1n) is 8.81. The van der Waals surface area contributed by atoms with Gasteiger partial charge in [-0.25, -0.2) is 9.38 Å². The average Bonchev–Trinajstić information content (AvgIpc) is 2.75. The van der Waals surface area contributed by atoms with Gasteiger partial charge in [0, 0.05) is 42.3 Å². The Labute approximate surface area is 154 Å². The molecule has 1 unspecified atom stereocenters. The van der Waals surface area contributed by atoms with E-state index in [0.717, 1.165) is 24.1 Å². The first kappa shape index (κ1) is 18.2. The third-order valence-corrected chi connectivity index (χ3v) is 5.29. The highest BCUT2D eigenvalue weighted by atomic mass is 19.1. The number of hydrogen-bond donors (Lipinski definition) is 0. The van der Waals surface area contributed by atoms with E-state index in [9.17, 15) is 4.39 Å². The van der Waals surface area contributed by atoms with Crippen molar-refractivity contribution in [3.8, 4) is 0 Å². The summed E-state index contributed by atoms with van der Waals surface area (Å²) in [5.74, 6) is 0.650. The lowest BCUT2D eigenvalue weighted by Gasteiger charge is -2.30. The molecule has 1 fully saturated rings. The summed E-state index contributed by atoms with van der Waals surface area (Å²) in [4.78, 5) is 6.88. The van der Waals surface area contributed by atoms with Gasteiger partial charge in [0.2, 0.25) is 5.90 Å². The second kappa shape index (κ2) is 6.97. The van der Waals surface area contributed by atoms with Crippen LogP contribution >= 0.6 is 0 Å². The van der Waals surface area contributed by atoms with Crippen LogP contribution in [-0.4, -0.2) is 23.4 Å². The molecule has 0 amide bonds. The molecule has 0 spiro atoms. The van der Waals surface area contributed by atoms with Crippen molar-refractivity contribution in [2.45, 2.75) is 38.8 Å². The Bertz CT molecular complexity index is 844. The van der Waals surface area contributed by atoms with E-state index >= 15 is 0 Å². The van der Waals surface area contributed by atoms with Crippen LogP contribution in [0.5, 0.6) is 0 Å². The third kappa shape index (κ3) is 3.51. The first-order valence-corrected chi connectivity index (χ1v) is 8.81. The Balaban J connectivity index is 1.84. The molecule has 26 heavy (non-hydrogen) atoms. The molecule has 1 atom stereocenters. The fourth-order valence-electron chi connectivity index (χ4n) is 3.61. The molecule has 3 rings (SSSR count). The minimum Gasteiger partial charge on any atom is -0.473 e. The zero-order chi connectivity index (χ0) is 18.9. The summed E-state index contributed by atoms with van der Waals surface area (Å²) in [6, 6.07) is 4.89. The van der Waals surface area contributed by atoms with Crippen molar-refractivity contribution in [3.63, 3.8) is 0 Å². The van der Waals surface area contributed by atoms with Gasteiger partial charge in [-0.05, 0) is 38.0 Å². The van der Waals surface area contributed by atoms with Crippen LogP contribution in [0.1, 0.15) is 37.8 Å². The Kier molecular flexibility index (Phi) is 4.88. The van der Waals surface area contributed by atoms with Crippen LogP contribution in [0.25, 0.3) is 6.08 Å². The summed E-state index contributed by atoms with van der Waals surface area (Å²) < 4.78 is 19.6. The van der Waals surface area contributed by atoms with Crippen LogP contribution in [0.3, 0.4) is 0 Å². The predicted octanol–water partition coefficient (Wildman–Crippen LogP) is 5.07. The van der Waals surface area contributed by atoms with Gasteiger partial charge in [-0.2, -0.15) is 0 Å². The molecule has 136 valence electrons. The van der Waals surface area contributed by atoms with Crippen LogP contribution in [0.4, 0.5) is 4.39 Å². The molecule has 0 saturated carbocycles. The summed E-state index contributed by atoms with van der Waals surface area (Å²) in [6.45, 7) is 12.2. The summed E-state index contributed by atoms with van der Waals surface area (Å²) in [7, 11) is 2.11. The molecule has 1 saturated heterocycles. The number of aliphatic imine (C=N–C) groups is 1. The molecule has 0 N–H and O–H groups in total. The van der Waals surface area contributed by atoms with E-state index in [1.165, 1.54) is 17.8 Å². The van der Waals surface area contributed by atoms with Gasteiger partial charge in [0.1, 0.15) is 12.4 Å². The van der Waals surface area contributed by atoms with Gasteiger partial charge in [0.05, 0.1) is 5.70 Å². The van der Waals surface area contributed by atoms with Crippen molar-refractivity contribution >= 4 is 12.0 Å². The van der Waals surface area contributed by atoms with Gasteiger partial charge in [-0.1, -0.05) is 25.3 Å². The van der Waals surface area contributed by atoms with Crippen molar-refractivity contribution in [3.05, 3.63) is 71.5 Å². The number of likely N-dealkylation sites (tertiary alicyclic amines) is 1. The van der Waals surface area contributed by atoms with Crippen LogP contribution < -0.4 is 0 Å². The van der Waals surface area contributed by atoms with E-state index in [0.29, 0.717) is 24.0 Å². The van der Waals surface area contributed by atoms with Crippen LogP contribution in [0.2, 0.25) is 0 Å². The van der Waals surface area contributed by atoms with E-state index in [2.05, 4.69) is 49.7 Å². The minimum absolute atomic E-state index is 0.0983. The number of allylic oxidation sites excluding steroid dienone is 2. The highest BCUT2D eigenvalue weighted by Gasteiger charge is 2.40. The molecule has 1 aromatic carbocycles. The van der Waals surface area contributed by atoms with Crippen molar-refractivity contribution in [2.75, 3.05) is 7.05 Å². The van der Waals surface area contributed by atoms with E-state index in [4.69, 9.17) is 4.74 Å². The van der Waals surface area contributed by atoms with Gasteiger partial charge in [-0.3, -0.25) is 0 Å². The second-order valence-corrected chi connectivity index (χ2v) is 7.47. The second-order valence-electron chi connectivity index (χ2n) is 7.47. The van der Waals surface area contributed by atoms with Gasteiger partial charge in [-0.15, -0.1) is 5.73 Å². The quantitative estimate of drug-likeness (QED) is 0.710. The summed E-state index contributed by atoms with van der Waals surface area (Å²) in [5.41, 5.74) is 6.41. The maximum atomic E-state index is 13.6. The van der Waals surface area contributed by atoms with E-state index in [-0.39, 0.29) is 11.4 Å². The van der Waals surface area contributed by atoms with Crippen LogP contribution in [0.15, 0.2) is 59.6 Å². The number of benzene rings is 1. The van der Waals surface area contributed by atoms with Crippen molar-refractivity contribution in [1.82, 2.24) is 4.90 Å². The van der Waals surface area contributed by atoms with Crippen molar-refractivity contribution < 1.29 is 9.13 Å². The smallest absolute Gasteiger partial charge is 0.216 e. The van der Waals surface area contributed by atoms with Gasteiger partial charge in [0.15, 0.2) is 0 Å². The first-order chi connectivity index (χ1) is 12.3. The Morgan fingerprint density at radius 2 is 2.23 bits per heavy atom. The van der Waals surface area contributed by atoms with Crippen LogP contribution in [0, 0.1) is 11.7 Å². The monoisotopic (exact) mass is 352 g/mol. The fraction of sp³-hybridized carbons (Fsp3) is 0.364. The highest BCUT2D eigenvalue weighted by Crippen LogP contribution is 2.43. The van der Waals surface area contributed by atoms with Gasteiger partial charge >= 0.3 is 0 Å². The molecular formula is C22H25FN2O. The summed E-state index contributed by atoms with van der Waals surface area (Å²) in [6.07, 6.45) is 5.39. The van der Waals surface area contributed by atoms with Crippen LogP contribution in [-0.2, 0) is 11.3 Å². The maximum absolute atomic E-state index is 13.6. The molecule has 2 aliphatic rings. The van der Waals surface area contributed by atoms with Crippen molar-refractivity contribution in [2.24, 2.45) is 10.9 Å². The third-order valence-electron chi connectivity index (χ3n) is 5.29. The lowest BCUT2D eigenvalue weighted by molar-refractivity contribution is 0.246. The predicted molar refractivity (Wildman–Crippen MR) is 104 cm³/mol. The van der Waals surface area contributed by atoms with Gasteiger partial charge in [0.25, 0.3) is 0 Å². The molecule has 0 aliphatic carbocycles. The van der Waals surface area contributed by atoms with Crippen molar-refractivity contribution in [1.29, 1.82) is 0 Å². The number of ether oxygens (including phenoxy) is 1. The standard InChI is InChI=1S/C22H25FN2O/c1-6-16-10-15(8-9-19(16)23)14-26-21-12-20-17(11-18(7-2)24-21)13-22(3,4)25(20)5/h6,8-10,12,17H,1-2,11,13-14H2,3-5H3. The lowest BCUT2D eigenvalue weighted by Crippen LogP contribution is -2.33. The maximum Gasteiger partial charge on any atom is 0.216 e. The number of fused-ring (bicyclic) bond motifs is 1. The number of nitrogens with zero attached hydrogens (tertiary/aromatic N) is 2. The molecule has 0 aromatic heterocycles. The molecule has 0 radical (unpaired) electrons. The molecule has 0 bridgehead atoms. The topological polar surface area (TPSA) is 24.8 Å². The number of hydrogen-bond acceptors (Lipinski definition) is 3. The molecule has 2 aliphatic heterocycles. The molecular weight excluding hydrogens is 327 g/mol. The van der Waals surface area contributed by atoms with E-state index < -0.39 is 0 Å². The van der Waals surface area contributed by atoms with E-state index in [1.807, 2.05) is 6.08 Å². The Morgan fingerprint density at radius 3 is 2.92 bits per heavy atom. The highest BCUT2D eigenvalue weighted by molar-refractivity contribution is 5.89. The Morgan fingerprint density at radius 1 is 1.46 bits per heavy atom. The number of rotatable bonds is 3. The molecule has 2 heterocycles. The van der Waals surface area contributed by atoms with E-state index in [1.54, 1.807) is 12.1 Å². The normalized spacial score (nSPS) is 21.3. The molecule has 4 heteroatoms.